The van der Waals surface area contributed by atoms with E-state index >= 15 is 0 Å². The van der Waals surface area contributed by atoms with E-state index in [0.717, 1.165) is 6.54 Å². The van der Waals surface area contributed by atoms with Crippen LogP contribution >= 0.6 is 27.3 Å². The Morgan fingerprint density at radius 3 is 2.50 bits per heavy atom. The van der Waals surface area contributed by atoms with E-state index in [2.05, 4.69) is 67.2 Å². The molecule has 90 valence electrons. The molecule has 1 heterocycles. The maximum atomic E-state index is 3.49. The molecule has 0 radical (unpaired) electrons. The van der Waals surface area contributed by atoms with Gasteiger partial charge in [-0.05, 0) is 40.1 Å². The van der Waals surface area contributed by atoms with Crippen molar-refractivity contribution in [3.05, 3.63) is 26.4 Å². The monoisotopic (exact) mass is 301 g/mol. The van der Waals surface area contributed by atoms with Crippen molar-refractivity contribution >= 4 is 33.3 Å². The van der Waals surface area contributed by atoms with E-state index in [1.165, 1.54) is 14.2 Å². The molecule has 1 aromatic rings. The zero-order valence-electron chi connectivity index (χ0n) is 10.4. The van der Waals surface area contributed by atoms with Crippen molar-refractivity contribution in [2.45, 2.75) is 33.7 Å². The van der Waals surface area contributed by atoms with Gasteiger partial charge >= 0.3 is 0 Å². The molecule has 1 N–H and O–H groups in total. The second-order valence-corrected chi connectivity index (χ2v) is 7.05. The van der Waals surface area contributed by atoms with E-state index in [1.807, 2.05) is 0 Å². The van der Waals surface area contributed by atoms with Crippen LogP contribution in [-0.4, -0.2) is 12.6 Å². The molecule has 0 saturated heterocycles. The molecule has 0 amide bonds. The number of hydrogen-bond donors (Lipinski definition) is 1. The highest BCUT2D eigenvalue weighted by Gasteiger charge is 2.05. The molecule has 0 aliphatic carbocycles. The second kappa shape index (κ2) is 6.58. The number of rotatable bonds is 5. The fraction of sp³-hybridized carbons (Fsp3) is 0.538. The van der Waals surface area contributed by atoms with Crippen molar-refractivity contribution in [1.82, 2.24) is 5.32 Å². The molecular formula is C13H20BrNS. The van der Waals surface area contributed by atoms with E-state index in [1.54, 1.807) is 11.3 Å². The molecule has 0 aromatic carbocycles. The number of nitrogens with one attached hydrogen (secondary N) is 1. The first-order valence-corrected chi connectivity index (χ1v) is 7.29. The normalized spacial score (nSPS) is 12.8. The van der Waals surface area contributed by atoms with Crippen LogP contribution in [0.3, 0.4) is 0 Å². The molecule has 0 unspecified atom stereocenters. The summed E-state index contributed by atoms with van der Waals surface area (Å²) in [6.07, 6.45) is 2.30. The van der Waals surface area contributed by atoms with Gasteiger partial charge in [0.25, 0.3) is 0 Å². The van der Waals surface area contributed by atoms with E-state index in [0.29, 0.717) is 12.0 Å². The van der Waals surface area contributed by atoms with E-state index < -0.39 is 0 Å². The highest BCUT2D eigenvalue weighted by molar-refractivity contribution is 9.11. The molecule has 0 spiro atoms. The zero-order valence-corrected chi connectivity index (χ0v) is 12.8. The molecule has 0 aliphatic heterocycles. The molecule has 3 heteroatoms. The van der Waals surface area contributed by atoms with E-state index in [-0.39, 0.29) is 0 Å². The SMILES string of the molecule is CC(C)NCC(=Cc1ccc(Br)s1)C(C)C. The third-order valence-electron chi connectivity index (χ3n) is 2.38. The largest absolute Gasteiger partial charge is 0.311 e. The van der Waals surface area contributed by atoms with Gasteiger partial charge in [0.05, 0.1) is 3.79 Å². The third-order valence-corrected chi connectivity index (χ3v) is 3.95. The van der Waals surface area contributed by atoms with Crippen LogP contribution in [0, 0.1) is 5.92 Å². The van der Waals surface area contributed by atoms with Crippen LogP contribution in [-0.2, 0) is 0 Å². The van der Waals surface area contributed by atoms with Gasteiger partial charge in [-0.2, -0.15) is 0 Å². The molecule has 0 fully saturated rings. The summed E-state index contributed by atoms with van der Waals surface area (Å²) in [6.45, 7) is 9.83. The Labute approximate surface area is 111 Å². The maximum Gasteiger partial charge on any atom is 0.0704 e. The Kier molecular flexibility index (Phi) is 5.73. The van der Waals surface area contributed by atoms with Crippen molar-refractivity contribution < 1.29 is 0 Å². The van der Waals surface area contributed by atoms with Crippen LogP contribution in [0.1, 0.15) is 32.6 Å². The van der Waals surface area contributed by atoms with Gasteiger partial charge in [-0.25, -0.2) is 0 Å². The predicted molar refractivity (Wildman–Crippen MR) is 78.0 cm³/mol. The minimum Gasteiger partial charge on any atom is -0.311 e. The van der Waals surface area contributed by atoms with Gasteiger partial charge in [-0.15, -0.1) is 11.3 Å². The maximum absolute atomic E-state index is 3.49. The van der Waals surface area contributed by atoms with Gasteiger partial charge in [-0.3, -0.25) is 0 Å². The lowest BCUT2D eigenvalue weighted by Crippen LogP contribution is -2.26. The summed E-state index contributed by atoms with van der Waals surface area (Å²) >= 11 is 5.28. The summed E-state index contributed by atoms with van der Waals surface area (Å²) in [5, 5.41) is 3.48. The smallest absolute Gasteiger partial charge is 0.0704 e. The van der Waals surface area contributed by atoms with Gasteiger partial charge < -0.3 is 5.32 Å². The Morgan fingerprint density at radius 2 is 2.06 bits per heavy atom. The molecule has 16 heavy (non-hydrogen) atoms. The highest BCUT2D eigenvalue weighted by atomic mass is 79.9. The Balaban J connectivity index is 2.73. The minimum absolute atomic E-state index is 0.539. The number of halogens is 1. The quantitative estimate of drug-likeness (QED) is 0.841. The highest BCUT2D eigenvalue weighted by Crippen LogP contribution is 2.25. The average molecular weight is 302 g/mol. The lowest BCUT2D eigenvalue weighted by molar-refractivity contribution is 0.593. The summed E-state index contributed by atoms with van der Waals surface area (Å²) in [4.78, 5) is 1.32. The van der Waals surface area contributed by atoms with Crippen molar-refractivity contribution in [3.63, 3.8) is 0 Å². The first kappa shape index (κ1) is 13.9. The first-order valence-electron chi connectivity index (χ1n) is 5.68. The van der Waals surface area contributed by atoms with E-state index in [9.17, 15) is 0 Å². The standard InChI is InChI=1S/C13H20BrNS/c1-9(2)11(8-15-10(3)4)7-12-5-6-13(14)16-12/h5-7,9-10,15H,8H2,1-4H3. The molecule has 1 nitrogen and oxygen atoms in total. The minimum atomic E-state index is 0.539. The van der Waals surface area contributed by atoms with Crippen LogP contribution in [0.15, 0.2) is 21.5 Å². The Hall–Kier alpha value is -0.120. The van der Waals surface area contributed by atoms with E-state index in [4.69, 9.17) is 0 Å². The summed E-state index contributed by atoms with van der Waals surface area (Å²) < 4.78 is 1.19. The van der Waals surface area contributed by atoms with Gasteiger partial charge in [-0.1, -0.05) is 33.3 Å². The van der Waals surface area contributed by atoms with Crippen LogP contribution < -0.4 is 5.32 Å². The fourth-order valence-electron chi connectivity index (χ4n) is 1.33. The van der Waals surface area contributed by atoms with Crippen LogP contribution in [0.4, 0.5) is 0 Å². The topological polar surface area (TPSA) is 12.0 Å². The molecule has 0 aliphatic rings. The Morgan fingerprint density at radius 1 is 1.38 bits per heavy atom. The van der Waals surface area contributed by atoms with Gasteiger partial charge in [0.15, 0.2) is 0 Å². The fourth-order valence-corrected chi connectivity index (χ4v) is 2.73. The second-order valence-electron chi connectivity index (χ2n) is 4.55. The Bertz CT molecular complexity index is 353. The number of hydrogen-bond acceptors (Lipinski definition) is 2. The van der Waals surface area contributed by atoms with Crippen molar-refractivity contribution in [2.24, 2.45) is 5.92 Å². The average Bonchev–Trinajstić information content (AvgIpc) is 2.57. The van der Waals surface area contributed by atoms with Crippen LogP contribution in [0.2, 0.25) is 0 Å². The zero-order chi connectivity index (χ0) is 12.1. The summed E-state index contributed by atoms with van der Waals surface area (Å²) in [5.74, 6) is 0.590. The first-order chi connectivity index (χ1) is 7.49. The summed E-state index contributed by atoms with van der Waals surface area (Å²) in [5.41, 5.74) is 1.46. The van der Waals surface area contributed by atoms with Gasteiger partial charge in [0.2, 0.25) is 0 Å². The molecule has 1 aromatic heterocycles. The van der Waals surface area contributed by atoms with Gasteiger partial charge in [0, 0.05) is 17.5 Å². The predicted octanol–water partition coefficient (Wildman–Crippen LogP) is 4.55. The van der Waals surface area contributed by atoms with Gasteiger partial charge in [0.1, 0.15) is 0 Å². The lowest BCUT2D eigenvalue weighted by Gasteiger charge is -2.14. The van der Waals surface area contributed by atoms with Crippen LogP contribution in [0.5, 0.6) is 0 Å². The van der Waals surface area contributed by atoms with Crippen molar-refractivity contribution in [2.75, 3.05) is 6.54 Å². The third kappa shape index (κ3) is 4.81. The van der Waals surface area contributed by atoms with Crippen molar-refractivity contribution in [3.8, 4) is 0 Å². The molecule has 1 rings (SSSR count). The molecular weight excluding hydrogens is 282 g/mol. The summed E-state index contributed by atoms with van der Waals surface area (Å²) in [7, 11) is 0. The molecule has 0 atom stereocenters. The molecule has 0 saturated carbocycles. The van der Waals surface area contributed by atoms with Crippen LogP contribution in [0.25, 0.3) is 6.08 Å². The molecule has 0 bridgehead atoms. The lowest BCUT2D eigenvalue weighted by atomic mass is 10.0. The van der Waals surface area contributed by atoms with Crippen molar-refractivity contribution in [1.29, 1.82) is 0 Å². The summed E-state index contributed by atoms with van der Waals surface area (Å²) in [6, 6.07) is 4.80. The number of thiophene rings is 1.